The number of hydrazine groups is 1. The number of amides is 1. The summed E-state index contributed by atoms with van der Waals surface area (Å²) in [6.45, 7) is 3.25. The molecule has 1 aliphatic heterocycles. The minimum absolute atomic E-state index is 0.00603. The van der Waals surface area contributed by atoms with Crippen molar-refractivity contribution in [1.82, 2.24) is 10.4 Å². The summed E-state index contributed by atoms with van der Waals surface area (Å²) in [6.07, 6.45) is -4.47. The fourth-order valence-electron chi connectivity index (χ4n) is 2.17. The van der Waals surface area contributed by atoms with Gasteiger partial charge in [-0.25, -0.2) is 5.01 Å². The van der Waals surface area contributed by atoms with Gasteiger partial charge in [0.05, 0.1) is 5.41 Å². The Morgan fingerprint density at radius 3 is 2.25 bits per heavy atom. The third kappa shape index (κ3) is 2.98. The van der Waals surface area contributed by atoms with E-state index in [9.17, 15) is 18.0 Å². The molecule has 2 rings (SSSR count). The average Bonchev–Trinajstić information content (AvgIpc) is 2.54. The van der Waals surface area contributed by atoms with E-state index >= 15 is 0 Å². The van der Waals surface area contributed by atoms with Gasteiger partial charge in [0.25, 0.3) is 0 Å². The number of rotatable bonds is 2. The van der Waals surface area contributed by atoms with Gasteiger partial charge < -0.3 is 0 Å². The van der Waals surface area contributed by atoms with E-state index in [-0.39, 0.29) is 12.1 Å². The maximum Gasteiger partial charge on any atom is 0.409 e. The molecule has 0 aliphatic carbocycles. The smallest absolute Gasteiger partial charge is 0.287 e. The standard InChI is InChI=1S/C13H14BrF3N2O/c1-12(2)7-19(18-11(12)20)10(13(15,16)17)8-3-5-9(14)6-4-8/h3-6,10H,7H2,1-2H3,(H,18,20)/t10-/m0/s1. The van der Waals surface area contributed by atoms with E-state index in [1.807, 2.05) is 0 Å². The van der Waals surface area contributed by atoms with Crippen LogP contribution in [0, 0.1) is 5.41 Å². The molecule has 20 heavy (non-hydrogen) atoms. The number of carbonyl (C=O) groups is 1. The van der Waals surface area contributed by atoms with E-state index < -0.39 is 23.5 Å². The van der Waals surface area contributed by atoms with Gasteiger partial charge in [-0.05, 0) is 31.5 Å². The number of benzene rings is 1. The van der Waals surface area contributed by atoms with Gasteiger partial charge in [0.1, 0.15) is 6.04 Å². The highest BCUT2D eigenvalue weighted by atomic mass is 79.9. The Bertz CT molecular complexity index is 513. The topological polar surface area (TPSA) is 32.3 Å². The second-order valence-corrected chi connectivity index (χ2v) is 6.36. The van der Waals surface area contributed by atoms with Crippen LogP contribution in [0.15, 0.2) is 28.7 Å². The van der Waals surface area contributed by atoms with Gasteiger partial charge in [0, 0.05) is 11.0 Å². The van der Waals surface area contributed by atoms with Crippen molar-refractivity contribution in [1.29, 1.82) is 0 Å². The molecule has 1 fully saturated rings. The normalized spacial score (nSPS) is 20.8. The molecule has 1 saturated heterocycles. The lowest BCUT2D eigenvalue weighted by Gasteiger charge is -2.29. The van der Waals surface area contributed by atoms with Gasteiger partial charge in [0.2, 0.25) is 5.91 Å². The highest BCUT2D eigenvalue weighted by Gasteiger charge is 2.50. The predicted octanol–water partition coefficient (Wildman–Crippen LogP) is 3.43. The van der Waals surface area contributed by atoms with Crippen molar-refractivity contribution in [2.75, 3.05) is 6.54 Å². The molecular formula is C13H14BrF3N2O. The van der Waals surface area contributed by atoms with Crippen LogP contribution in [0.1, 0.15) is 25.5 Å². The molecule has 0 unspecified atom stereocenters. The van der Waals surface area contributed by atoms with Crippen molar-refractivity contribution < 1.29 is 18.0 Å². The van der Waals surface area contributed by atoms with Crippen LogP contribution >= 0.6 is 15.9 Å². The average molecular weight is 351 g/mol. The van der Waals surface area contributed by atoms with Crippen LogP contribution in [0.2, 0.25) is 0 Å². The summed E-state index contributed by atoms with van der Waals surface area (Å²) in [5, 5.41) is 0.964. The van der Waals surface area contributed by atoms with E-state index in [2.05, 4.69) is 21.4 Å². The van der Waals surface area contributed by atoms with E-state index in [4.69, 9.17) is 0 Å². The van der Waals surface area contributed by atoms with Crippen molar-refractivity contribution in [2.45, 2.75) is 26.1 Å². The summed E-state index contributed by atoms with van der Waals surface area (Å²) in [6, 6.07) is 4.06. The molecule has 3 nitrogen and oxygen atoms in total. The quantitative estimate of drug-likeness (QED) is 0.886. The molecule has 1 atom stereocenters. The third-order valence-corrected chi connectivity index (χ3v) is 3.76. The van der Waals surface area contributed by atoms with E-state index in [0.717, 1.165) is 5.01 Å². The maximum atomic E-state index is 13.3. The lowest BCUT2D eigenvalue weighted by molar-refractivity contribution is -0.191. The monoisotopic (exact) mass is 350 g/mol. The molecule has 0 spiro atoms. The van der Waals surface area contributed by atoms with Crippen LogP contribution < -0.4 is 5.43 Å². The van der Waals surface area contributed by atoms with Gasteiger partial charge in [-0.1, -0.05) is 28.1 Å². The fourth-order valence-corrected chi connectivity index (χ4v) is 2.43. The van der Waals surface area contributed by atoms with E-state index in [1.165, 1.54) is 12.1 Å². The Kier molecular flexibility index (Phi) is 3.85. The fraction of sp³-hybridized carbons (Fsp3) is 0.462. The van der Waals surface area contributed by atoms with Crippen LogP contribution in [0.5, 0.6) is 0 Å². The van der Waals surface area contributed by atoms with Gasteiger partial charge in [-0.15, -0.1) is 0 Å². The summed E-state index contributed by atoms with van der Waals surface area (Å²) in [7, 11) is 0. The summed E-state index contributed by atoms with van der Waals surface area (Å²) >= 11 is 3.19. The molecule has 0 aromatic heterocycles. The number of nitrogens with one attached hydrogen (secondary N) is 1. The molecule has 1 N–H and O–H groups in total. The first kappa shape index (κ1) is 15.3. The summed E-state index contributed by atoms with van der Waals surface area (Å²) < 4.78 is 40.7. The molecule has 0 saturated carbocycles. The zero-order valence-corrected chi connectivity index (χ0v) is 12.5. The Hall–Kier alpha value is -1.08. The van der Waals surface area contributed by atoms with Gasteiger partial charge in [-0.2, -0.15) is 13.2 Å². The van der Waals surface area contributed by atoms with E-state index in [0.29, 0.717) is 4.47 Å². The highest BCUT2D eigenvalue weighted by Crippen LogP contribution is 2.40. The number of hydrogen-bond acceptors (Lipinski definition) is 2. The first-order valence-corrected chi connectivity index (χ1v) is 6.80. The van der Waals surface area contributed by atoms with Gasteiger partial charge in [0.15, 0.2) is 0 Å². The number of hydrogen-bond donors (Lipinski definition) is 1. The largest absolute Gasteiger partial charge is 0.409 e. The van der Waals surface area contributed by atoms with Crippen LogP contribution in [0.25, 0.3) is 0 Å². The Balaban J connectivity index is 2.35. The summed E-state index contributed by atoms with van der Waals surface area (Å²) in [4.78, 5) is 11.7. The number of nitrogens with zero attached hydrogens (tertiary/aromatic N) is 1. The second kappa shape index (κ2) is 5.04. The molecule has 0 radical (unpaired) electrons. The number of halogens is 4. The molecule has 1 heterocycles. The first-order valence-electron chi connectivity index (χ1n) is 6.01. The molecule has 7 heteroatoms. The van der Waals surface area contributed by atoms with Crippen molar-refractivity contribution in [2.24, 2.45) is 5.41 Å². The van der Waals surface area contributed by atoms with Crippen LogP contribution in [0.3, 0.4) is 0 Å². The summed E-state index contributed by atoms with van der Waals surface area (Å²) in [5.41, 5.74) is 1.59. The molecule has 0 bridgehead atoms. The van der Waals surface area contributed by atoms with Crippen molar-refractivity contribution >= 4 is 21.8 Å². The number of carbonyl (C=O) groups excluding carboxylic acids is 1. The minimum atomic E-state index is -4.47. The number of alkyl halides is 3. The Morgan fingerprint density at radius 2 is 1.85 bits per heavy atom. The predicted molar refractivity (Wildman–Crippen MR) is 71.6 cm³/mol. The molecular weight excluding hydrogens is 337 g/mol. The van der Waals surface area contributed by atoms with E-state index in [1.54, 1.807) is 26.0 Å². The minimum Gasteiger partial charge on any atom is -0.287 e. The van der Waals surface area contributed by atoms with Gasteiger partial charge in [-0.3, -0.25) is 10.2 Å². The molecule has 1 aromatic rings. The van der Waals surface area contributed by atoms with Crippen LogP contribution in [0.4, 0.5) is 13.2 Å². The highest BCUT2D eigenvalue weighted by molar-refractivity contribution is 9.10. The van der Waals surface area contributed by atoms with Crippen molar-refractivity contribution in [3.05, 3.63) is 34.3 Å². The zero-order chi connectivity index (χ0) is 15.1. The first-order chi connectivity index (χ1) is 9.11. The van der Waals surface area contributed by atoms with Gasteiger partial charge >= 0.3 is 6.18 Å². The van der Waals surface area contributed by atoms with Crippen molar-refractivity contribution in [3.8, 4) is 0 Å². The molecule has 1 aliphatic rings. The molecule has 1 aromatic carbocycles. The lowest BCUT2D eigenvalue weighted by Crippen LogP contribution is -2.43. The van der Waals surface area contributed by atoms with Crippen LogP contribution in [-0.2, 0) is 4.79 Å². The molecule has 1 amide bonds. The lowest BCUT2D eigenvalue weighted by atomic mass is 9.94. The summed E-state index contributed by atoms with van der Waals surface area (Å²) in [5.74, 6) is -0.399. The van der Waals surface area contributed by atoms with Crippen molar-refractivity contribution in [3.63, 3.8) is 0 Å². The third-order valence-electron chi connectivity index (χ3n) is 3.23. The molecule has 110 valence electrons. The zero-order valence-electron chi connectivity index (χ0n) is 11.0. The maximum absolute atomic E-state index is 13.3. The second-order valence-electron chi connectivity index (χ2n) is 5.45. The van der Waals surface area contributed by atoms with Crippen LogP contribution in [-0.4, -0.2) is 23.6 Å². The Morgan fingerprint density at radius 1 is 1.30 bits per heavy atom. The SMILES string of the molecule is CC1(C)CN([C@@H](c2ccc(Br)cc2)C(F)(F)F)NC1=O. The Labute approximate surface area is 123 Å².